The second-order valence-corrected chi connectivity index (χ2v) is 7.82. The Morgan fingerprint density at radius 2 is 1.81 bits per heavy atom. The van der Waals surface area contributed by atoms with E-state index in [2.05, 4.69) is 5.32 Å². The van der Waals surface area contributed by atoms with Gasteiger partial charge in [-0.3, -0.25) is 4.79 Å². The summed E-state index contributed by atoms with van der Waals surface area (Å²) in [7, 11) is -3.58. The monoisotopic (exact) mass is 393 g/mol. The predicted molar refractivity (Wildman–Crippen MR) is 95.4 cm³/mol. The molecule has 3 rings (SSSR count). The largest absolute Gasteiger partial charge is 0.455 e. The van der Waals surface area contributed by atoms with Crippen LogP contribution < -0.4 is 5.32 Å². The minimum Gasteiger partial charge on any atom is -0.455 e. The van der Waals surface area contributed by atoms with Crippen molar-refractivity contribution in [3.05, 3.63) is 83.0 Å². The molecule has 0 aliphatic heterocycles. The van der Waals surface area contributed by atoms with Crippen LogP contribution in [0.5, 0.6) is 0 Å². The zero-order chi connectivity index (χ0) is 18.7. The molecule has 0 bridgehead atoms. The van der Waals surface area contributed by atoms with Gasteiger partial charge in [0.1, 0.15) is 17.3 Å². The molecule has 1 aromatic heterocycles. The molecule has 0 atom stereocenters. The number of benzene rings is 2. The molecule has 0 aliphatic carbocycles. The third-order valence-corrected chi connectivity index (χ3v) is 5.44. The minimum absolute atomic E-state index is 0.0660. The number of carbonyl (C=O) groups is 1. The van der Waals surface area contributed by atoms with Crippen LogP contribution in [0.25, 0.3) is 0 Å². The van der Waals surface area contributed by atoms with Crippen molar-refractivity contribution < 1.29 is 22.0 Å². The van der Waals surface area contributed by atoms with Gasteiger partial charge < -0.3 is 9.73 Å². The summed E-state index contributed by atoms with van der Waals surface area (Å²) in [5.41, 5.74) is 0.288. The number of sulfone groups is 1. The van der Waals surface area contributed by atoms with Gasteiger partial charge in [-0.1, -0.05) is 29.8 Å². The summed E-state index contributed by atoms with van der Waals surface area (Å²) in [5, 5.41) is 2.37. The highest BCUT2D eigenvalue weighted by Gasteiger charge is 2.19. The van der Waals surface area contributed by atoms with Gasteiger partial charge in [0.05, 0.1) is 9.92 Å². The molecule has 8 heteroatoms. The summed E-state index contributed by atoms with van der Waals surface area (Å²) in [6.45, 7) is 0. The van der Waals surface area contributed by atoms with Crippen LogP contribution >= 0.6 is 11.6 Å². The van der Waals surface area contributed by atoms with Crippen molar-refractivity contribution in [2.45, 2.75) is 10.6 Å². The molecule has 3 aromatic rings. The van der Waals surface area contributed by atoms with Gasteiger partial charge in [-0.05, 0) is 42.5 Å². The van der Waals surface area contributed by atoms with Crippen LogP contribution in [0.4, 0.5) is 10.1 Å². The van der Waals surface area contributed by atoms with Gasteiger partial charge >= 0.3 is 0 Å². The van der Waals surface area contributed by atoms with Crippen LogP contribution in [0.2, 0.25) is 5.02 Å². The second-order valence-electron chi connectivity index (χ2n) is 5.42. The number of furan rings is 1. The van der Waals surface area contributed by atoms with Crippen molar-refractivity contribution in [1.29, 1.82) is 0 Å². The van der Waals surface area contributed by atoms with Crippen molar-refractivity contribution in [3.63, 3.8) is 0 Å². The van der Waals surface area contributed by atoms with E-state index >= 15 is 0 Å². The molecule has 0 unspecified atom stereocenters. The van der Waals surface area contributed by atoms with E-state index in [0.717, 1.165) is 6.07 Å². The van der Waals surface area contributed by atoms with Crippen LogP contribution in [0.3, 0.4) is 0 Å². The first-order chi connectivity index (χ1) is 12.3. The van der Waals surface area contributed by atoms with Crippen LogP contribution in [-0.2, 0) is 15.6 Å². The molecule has 1 heterocycles. The fraction of sp³-hybridized carbons (Fsp3) is 0.0556. The molecule has 5 nitrogen and oxygen atoms in total. The minimum atomic E-state index is -3.58. The average molecular weight is 394 g/mol. The second kappa shape index (κ2) is 7.31. The highest BCUT2D eigenvalue weighted by atomic mass is 35.5. The Morgan fingerprint density at radius 3 is 2.50 bits per heavy atom. The topological polar surface area (TPSA) is 76.4 Å². The first-order valence-electron chi connectivity index (χ1n) is 7.48. The van der Waals surface area contributed by atoms with Crippen molar-refractivity contribution in [3.8, 4) is 0 Å². The summed E-state index contributed by atoms with van der Waals surface area (Å²) in [4.78, 5) is 12.3. The van der Waals surface area contributed by atoms with Gasteiger partial charge in [-0.15, -0.1) is 0 Å². The third kappa shape index (κ3) is 4.12. The van der Waals surface area contributed by atoms with Crippen LogP contribution in [0, 0.1) is 5.82 Å². The Kier molecular flexibility index (Phi) is 5.11. The molecule has 0 radical (unpaired) electrons. The lowest BCUT2D eigenvalue weighted by Gasteiger charge is -2.04. The van der Waals surface area contributed by atoms with Crippen molar-refractivity contribution in [2.24, 2.45) is 0 Å². The zero-order valence-electron chi connectivity index (χ0n) is 13.3. The molecule has 0 fully saturated rings. The number of halogens is 2. The number of rotatable bonds is 5. The number of amides is 1. The Bertz CT molecular complexity index is 1050. The van der Waals surface area contributed by atoms with E-state index < -0.39 is 21.6 Å². The molecule has 2 aromatic carbocycles. The molecule has 26 heavy (non-hydrogen) atoms. The number of hydrogen-bond acceptors (Lipinski definition) is 4. The van der Waals surface area contributed by atoms with Gasteiger partial charge in [-0.2, -0.15) is 0 Å². The normalized spacial score (nSPS) is 11.3. The fourth-order valence-electron chi connectivity index (χ4n) is 2.24. The molecule has 1 amide bonds. The van der Waals surface area contributed by atoms with E-state index in [0.29, 0.717) is 0 Å². The maximum atomic E-state index is 13.1. The maximum absolute atomic E-state index is 13.1. The van der Waals surface area contributed by atoms with Crippen molar-refractivity contribution in [2.75, 3.05) is 5.32 Å². The van der Waals surface area contributed by atoms with E-state index in [-0.39, 0.29) is 32.9 Å². The molecular formula is C18H13ClFNO4S. The lowest BCUT2D eigenvalue weighted by Crippen LogP contribution is -2.11. The summed E-state index contributed by atoms with van der Waals surface area (Å²) >= 11 is 5.66. The quantitative estimate of drug-likeness (QED) is 0.701. The highest BCUT2D eigenvalue weighted by molar-refractivity contribution is 7.90. The molecule has 134 valence electrons. The summed E-state index contributed by atoms with van der Waals surface area (Å²) in [6, 6.07) is 14.5. The Hall–Kier alpha value is -2.64. The number of anilines is 1. The van der Waals surface area contributed by atoms with Gasteiger partial charge in [0, 0.05) is 5.69 Å². The highest BCUT2D eigenvalue weighted by Crippen LogP contribution is 2.21. The van der Waals surface area contributed by atoms with E-state index in [9.17, 15) is 17.6 Å². The Morgan fingerprint density at radius 1 is 1.08 bits per heavy atom. The van der Waals surface area contributed by atoms with Crippen molar-refractivity contribution in [1.82, 2.24) is 0 Å². The molecule has 0 saturated heterocycles. The van der Waals surface area contributed by atoms with Crippen LogP contribution in [0.15, 0.2) is 70.0 Å². The number of hydrogen-bond donors (Lipinski definition) is 1. The Balaban J connectivity index is 1.73. The van der Waals surface area contributed by atoms with E-state index in [4.69, 9.17) is 16.0 Å². The third-order valence-electron chi connectivity index (χ3n) is 3.50. The SMILES string of the molecule is O=C(Nc1ccc(F)c(Cl)c1)c1ccc(CS(=O)(=O)c2ccccc2)o1. The lowest BCUT2D eigenvalue weighted by molar-refractivity contribution is 0.0995. The number of carbonyl (C=O) groups excluding carboxylic acids is 1. The maximum Gasteiger partial charge on any atom is 0.291 e. The van der Waals surface area contributed by atoms with Crippen LogP contribution in [0.1, 0.15) is 16.3 Å². The van der Waals surface area contributed by atoms with Gasteiger partial charge in [0.25, 0.3) is 5.91 Å². The zero-order valence-corrected chi connectivity index (χ0v) is 14.9. The summed E-state index contributed by atoms with van der Waals surface area (Å²) in [6.07, 6.45) is 0. The first-order valence-corrected chi connectivity index (χ1v) is 9.51. The van der Waals surface area contributed by atoms with E-state index in [1.165, 1.54) is 36.4 Å². The van der Waals surface area contributed by atoms with Gasteiger partial charge in [0.15, 0.2) is 15.6 Å². The predicted octanol–water partition coefficient (Wildman–Crippen LogP) is 4.30. The lowest BCUT2D eigenvalue weighted by atomic mass is 10.3. The standard InChI is InChI=1S/C18H13ClFNO4S/c19-15-10-12(6-8-16(15)20)21-18(22)17-9-7-13(25-17)11-26(23,24)14-4-2-1-3-5-14/h1-10H,11H2,(H,21,22). The van der Waals surface area contributed by atoms with Gasteiger partial charge in [0.2, 0.25) is 0 Å². The summed E-state index contributed by atoms with van der Waals surface area (Å²) in [5.74, 6) is -1.50. The smallest absolute Gasteiger partial charge is 0.291 e. The number of nitrogens with one attached hydrogen (secondary N) is 1. The molecule has 0 saturated carbocycles. The van der Waals surface area contributed by atoms with E-state index in [1.54, 1.807) is 18.2 Å². The molecule has 0 aliphatic rings. The Labute approximate surface area is 154 Å². The molecule has 1 N–H and O–H groups in total. The van der Waals surface area contributed by atoms with Crippen molar-refractivity contribution >= 4 is 33.0 Å². The van der Waals surface area contributed by atoms with Gasteiger partial charge in [-0.25, -0.2) is 12.8 Å². The average Bonchev–Trinajstić information content (AvgIpc) is 3.07. The summed E-state index contributed by atoms with van der Waals surface area (Å²) < 4.78 is 43.1. The fourth-order valence-corrected chi connectivity index (χ4v) is 3.69. The molecule has 0 spiro atoms. The van der Waals surface area contributed by atoms with Crippen LogP contribution in [-0.4, -0.2) is 14.3 Å². The van der Waals surface area contributed by atoms with E-state index in [1.807, 2.05) is 0 Å². The molecular weight excluding hydrogens is 381 g/mol. The first kappa shape index (κ1) is 18.2.